The third kappa shape index (κ3) is 8.62. The van der Waals surface area contributed by atoms with Crippen molar-refractivity contribution >= 4 is 41.3 Å². The zero-order chi connectivity index (χ0) is 18.9. The third-order valence-electron chi connectivity index (χ3n) is 4.89. The fourth-order valence-corrected chi connectivity index (χ4v) is 4.01. The molecule has 156 valence electrons. The van der Waals surface area contributed by atoms with E-state index >= 15 is 0 Å². The largest absolute Gasteiger partial charge is 0.356 e. The Kier molecular flexibility index (Phi) is 11.7. The second kappa shape index (κ2) is 12.9. The van der Waals surface area contributed by atoms with E-state index < -0.39 is 0 Å². The van der Waals surface area contributed by atoms with Crippen molar-refractivity contribution in [2.45, 2.75) is 40.2 Å². The SMILES string of the molecule is CCN1CCN(CC(C)CNC(=NC)NCc2nc(C(C)C)cs2)CC1.I. The second-order valence-corrected chi connectivity index (χ2v) is 8.41. The number of hydrogen-bond acceptors (Lipinski definition) is 5. The zero-order valence-electron chi connectivity index (χ0n) is 17.5. The Balaban J connectivity index is 0.00000364. The fraction of sp³-hybridized carbons (Fsp3) is 0.789. The molecule has 0 bridgehead atoms. The number of thiazole rings is 1. The van der Waals surface area contributed by atoms with Gasteiger partial charge in [0.05, 0.1) is 12.2 Å². The van der Waals surface area contributed by atoms with Gasteiger partial charge in [-0.15, -0.1) is 35.3 Å². The predicted octanol–water partition coefficient (Wildman–Crippen LogP) is 2.82. The van der Waals surface area contributed by atoms with Gasteiger partial charge in [-0.1, -0.05) is 27.7 Å². The van der Waals surface area contributed by atoms with Gasteiger partial charge in [0, 0.05) is 51.7 Å². The second-order valence-electron chi connectivity index (χ2n) is 7.47. The highest BCUT2D eigenvalue weighted by molar-refractivity contribution is 14.0. The molecule has 6 nitrogen and oxygen atoms in total. The summed E-state index contributed by atoms with van der Waals surface area (Å²) < 4.78 is 0. The minimum absolute atomic E-state index is 0. The average molecular weight is 509 g/mol. The molecule has 1 aliphatic rings. The summed E-state index contributed by atoms with van der Waals surface area (Å²) >= 11 is 1.71. The van der Waals surface area contributed by atoms with Gasteiger partial charge < -0.3 is 20.4 Å². The molecule has 0 spiro atoms. The van der Waals surface area contributed by atoms with Gasteiger partial charge in [-0.2, -0.15) is 0 Å². The van der Waals surface area contributed by atoms with Crippen LogP contribution >= 0.6 is 35.3 Å². The van der Waals surface area contributed by atoms with Gasteiger partial charge in [-0.05, 0) is 18.4 Å². The normalized spacial score (nSPS) is 17.6. The highest BCUT2D eigenvalue weighted by Crippen LogP contribution is 2.17. The summed E-state index contributed by atoms with van der Waals surface area (Å²) in [4.78, 5) is 14.1. The summed E-state index contributed by atoms with van der Waals surface area (Å²) in [6.07, 6.45) is 0. The summed E-state index contributed by atoms with van der Waals surface area (Å²) in [5.74, 6) is 1.93. The Morgan fingerprint density at radius 3 is 2.41 bits per heavy atom. The molecule has 1 aromatic heterocycles. The van der Waals surface area contributed by atoms with Gasteiger partial charge in [0.25, 0.3) is 0 Å². The molecule has 2 heterocycles. The van der Waals surface area contributed by atoms with Crippen molar-refractivity contribution in [1.29, 1.82) is 0 Å². The van der Waals surface area contributed by atoms with E-state index in [1.807, 2.05) is 7.05 Å². The lowest BCUT2D eigenvalue weighted by Gasteiger charge is -2.35. The number of aromatic nitrogens is 1. The first kappa shape index (κ1) is 24.6. The summed E-state index contributed by atoms with van der Waals surface area (Å²) in [6.45, 7) is 17.7. The highest BCUT2D eigenvalue weighted by Gasteiger charge is 2.17. The van der Waals surface area contributed by atoms with Crippen molar-refractivity contribution in [2.75, 3.05) is 52.9 Å². The molecule has 1 aliphatic heterocycles. The minimum Gasteiger partial charge on any atom is -0.356 e. The minimum atomic E-state index is 0. The van der Waals surface area contributed by atoms with E-state index in [4.69, 9.17) is 0 Å². The summed E-state index contributed by atoms with van der Waals surface area (Å²) in [7, 11) is 1.82. The molecular formula is C19H37IN6S. The molecule has 0 aliphatic carbocycles. The van der Waals surface area contributed by atoms with Gasteiger partial charge in [-0.25, -0.2) is 4.98 Å². The predicted molar refractivity (Wildman–Crippen MR) is 128 cm³/mol. The van der Waals surface area contributed by atoms with Gasteiger partial charge in [0.2, 0.25) is 0 Å². The van der Waals surface area contributed by atoms with E-state index in [2.05, 4.69) is 63.5 Å². The van der Waals surface area contributed by atoms with Crippen molar-refractivity contribution in [3.05, 3.63) is 16.1 Å². The van der Waals surface area contributed by atoms with Crippen molar-refractivity contribution in [3.8, 4) is 0 Å². The fourth-order valence-electron chi connectivity index (χ4n) is 3.12. The van der Waals surface area contributed by atoms with Gasteiger partial charge >= 0.3 is 0 Å². The van der Waals surface area contributed by atoms with E-state index in [1.165, 1.54) is 38.4 Å². The Morgan fingerprint density at radius 1 is 1.19 bits per heavy atom. The Morgan fingerprint density at radius 2 is 1.85 bits per heavy atom. The molecule has 0 saturated carbocycles. The average Bonchev–Trinajstić information content (AvgIpc) is 3.12. The third-order valence-corrected chi connectivity index (χ3v) is 5.76. The first-order valence-corrected chi connectivity index (χ1v) is 10.7. The van der Waals surface area contributed by atoms with Crippen LogP contribution in [-0.4, -0.2) is 73.6 Å². The first-order chi connectivity index (χ1) is 12.5. The molecule has 1 unspecified atom stereocenters. The van der Waals surface area contributed by atoms with Crippen LogP contribution in [0.2, 0.25) is 0 Å². The number of nitrogens with one attached hydrogen (secondary N) is 2. The lowest BCUT2D eigenvalue weighted by molar-refractivity contribution is 0.124. The number of halogens is 1. The van der Waals surface area contributed by atoms with Crippen molar-refractivity contribution in [2.24, 2.45) is 10.9 Å². The van der Waals surface area contributed by atoms with E-state index in [1.54, 1.807) is 11.3 Å². The molecule has 2 N–H and O–H groups in total. The Labute approximate surface area is 186 Å². The van der Waals surface area contributed by atoms with Gasteiger partial charge in [0.1, 0.15) is 5.01 Å². The quantitative estimate of drug-likeness (QED) is 0.322. The number of guanidine groups is 1. The van der Waals surface area contributed by atoms with Crippen LogP contribution < -0.4 is 10.6 Å². The molecule has 2 rings (SSSR count). The lowest BCUT2D eigenvalue weighted by atomic mass is 10.1. The van der Waals surface area contributed by atoms with Crippen LogP contribution in [0.1, 0.15) is 44.3 Å². The maximum Gasteiger partial charge on any atom is 0.191 e. The van der Waals surface area contributed by atoms with Crippen LogP contribution in [-0.2, 0) is 6.54 Å². The Bertz CT molecular complexity index is 554. The first-order valence-electron chi connectivity index (χ1n) is 9.85. The Hall–Kier alpha value is -0.450. The van der Waals surface area contributed by atoms with E-state index in [-0.39, 0.29) is 24.0 Å². The molecule has 0 aromatic carbocycles. The van der Waals surface area contributed by atoms with Crippen LogP contribution in [0.25, 0.3) is 0 Å². The summed E-state index contributed by atoms with van der Waals surface area (Å²) in [5.41, 5.74) is 1.17. The molecule has 1 atom stereocenters. The lowest BCUT2D eigenvalue weighted by Crippen LogP contribution is -2.48. The van der Waals surface area contributed by atoms with Crippen LogP contribution in [0, 0.1) is 5.92 Å². The monoisotopic (exact) mass is 508 g/mol. The molecule has 0 amide bonds. The molecule has 8 heteroatoms. The maximum absolute atomic E-state index is 4.66. The number of likely N-dealkylation sites (N-methyl/N-ethyl adjacent to an activating group) is 1. The number of aliphatic imine (C=N–C) groups is 1. The van der Waals surface area contributed by atoms with Crippen LogP contribution in [0.15, 0.2) is 10.4 Å². The molecule has 1 aromatic rings. The smallest absolute Gasteiger partial charge is 0.191 e. The molecule has 1 saturated heterocycles. The number of piperazine rings is 1. The molecule has 0 radical (unpaired) electrons. The van der Waals surface area contributed by atoms with Crippen molar-refractivity contribution in [1.82, 2.24) is 25.4 Å². The van der Waals surface area contributed by atoms with Crippen LogP contribution in [0.4, 0.5) is 0 Å². The van der Waals surface area contributed by atoms with Gasteiger partial charge in [0.15, 0.2) is 5.96 Å². The standard InChI is InChI=1S/C19H36N6S.HI/c1-6-24-7-9-25(10-8-24)13-16(4)11-21-19(20-5)22-12-18-23-17(14-26-18)15(2)3;/h14-16H,6-13H2,1-5H3,(H2,20,21,22);1H. The molecule has 27 heavy (non-hydrogen) atoms. The van der Waals surface area contributed by atoms with E-state index in [0.29, 0.717) is 11.8 Å². The van der Waals surface area contributed by atoms with E-state index in [9.17, 15) is 0 Å². The maximum atomic E-state index is 4.66. The number of hydrogen-bond donors (Lipinski definition) is 2. The zero-order valence-corrected chi connectivity index (χ0v) is 20.6. The van der Waals surface area contributed by atoms with Gasteiger partial charge in [-0.3, -0.25) is 4.99 Å². The molecular weight excluding hydrogens is 471 g/mol. The van der Waals surface area contributed by atoms with Crippen LogP contribution in [0.5, 0.6) is 0 Å². The number of nitrogens with zero attached hydrogens (tertiary/aromatic N) is 4. The summed E-state index contributed by atoms with van der Waals surface area (Å²) in [6, 6.07) is 0. The number of rotatable bonds is 8. The highest BCUT2D eigenvalue weighted by atomic mass is 127. The van der Waals surface area contributed by atoms with Crippen LogP contribution in [0.3, 0.4) is 0 Å². The van der Waals surface area contributed by atoms with E-state index in [0.717, 1.165) is 30.6 Å². The van der Waals surface area contributed by atoms with Crippen molar-refractivity contribution in [3.63, 3.8) is 0 Å². The summed E-state index contributed by atoms with van der Waals surface area (Å²) in [5, 5.41) is 10.1. The molecule has 1 fully saturated rings. The van der Waals surface area contributed by atoms with Crippen molar-refractivity contribution < 1.29 is 0 Å². The topological polar surface area (TPSA) is 55.8 Å².